The highest BCUT2D eigenvalue weighted by Gasteiger charge is 2.20. The van der Waals surface area contributed by atoms with Crippen molar-refractivity contribution < 1.29 is 9.21 Å². The summed E-state index contributed by atoms with van der Waals surface area (Å²) >= 11 is 0. The van der Waals surface area contributed by atoms with E-state index in [-0.39, 0.29) is 11.9 Å². The lowest BCUT2D eigenvalue weighted by molar-refractivity contribution is 0.102. The Morgan fingerprint density at radius 1 is 1.23 bits per heavy atom. The van der Waals surface area contributed by atoms with Gasteiger partial charge in [-0.3, -0.25) is 4.79 Å². The summed E-state index contributed by atoms with van der Waals surface area (Å²) in [5, 5.41) is 17.1. The number of fused-ring (bicyclic) bond motifs is 1. The number of rotatable bonds is 4. The highest BCUT2D eigenvalue weighted by Crippen LogP contribution is 2.30. The predicted molar refractivity (Wildman–Crippen MR) is 114 cm³/mol. The smallest absolute Gasteiger partial charge is 0.256 e. The third-order valence-electron chi connectivity index (χ3n) is 4.87. The fourth-order valence-corrected chi connectivity index (χ4v) is 3.47. The second kappa shape index (κ2) is 7.48. The van der Waals surface area contributed by atoms with Crippen LogP contribution in [0.2, 0.25) is 0 Å². The Morgan fingerprint density at radius 3 is 2.70 bits per heavy atom. The number of nitriles is 1. The number of hydrogen-bond donors (Lipinski definition) is 1. The number of aryl methyl sites for hydroxylation is 2. The molecule has 1 N–H and O–H groups in total. The molecule has 3 heterocycles. The number of nitrogens with one attached hydrogen (secondary N) is 1. The van der Waals surface area contributed by atoms with Gasteiger partial charge in [0.2, 0.25) is 0 Å². The molecule has 150 valence electrons. The summed E-state index contributed by atoms with van der Waals surface area (Å²) in [5.41, 5.74) is 3.61. The first-order chi connectivity index (χ1) is 14.4. The van der Waals surface area contributed by atoms with Crippen molar-refractivity contribution in [1.82, 2.24) is 14.8 Å². The van der Waals surface area contributed by atoms with Crippen LogP contribution >= 0.6 is 0 Å². The van der Waals surface area contributed by atoms with Crippen LogP contribution in [0.4, 0.5) is 5.69 Å². The SMILES string of the molecule is Cc1cc(-c2cc(C(=O)Nc3cccc(C#N)c3)c3cnn(C(C)C)c3n2)c(C)o1. The molecule has 4 rings (SSSR count). The fourth-order valence-electron chi connectivity index (χ4n) is 3.47. The Labute approximate surface area is 174 Å². The van der Waals surface area contributed by atoms with Crippen molar-refractivity contribution in [3.05, 3.63) is 65.2 Å². The molecule has 0 atom stereocenters. The number of pyridine rings is 1. The summed E-state index contributed by atoms with van der Waals surface area (Å²) in [5.74, 6) is 1.23. The minimum Gasteiger partial charge on any atom is -0.466 e. The molecule has 4 aromatic rings. The number of nitrogens with zero attached hydrogens (tertiary/aromatic N) is 4. The number of carbonyl (C=O) groups is 1. The lowest BCUT2D eigenvalue weighted by atomic mass is 10.1. The van der Waals surface area contributed by atoms with E-state index in [2.05, 4.69) is 16.5 Å². The average molecular weight is 399 g/mol. The maximum Gasteiger partial charge on any atom is 0.256 e. The van der Waals surface area contributed by atoms with E-state index in [9.17, 15) is 4.79 Å². The third-order valence-corrected chi connectivity index (χ3v) is 4.87. The van der Waals surface area contributed by atoms with Gasteiger partial charge in [0, 0.05) is 17.3 Å². The molecule has 1 aromatic carbocycles. The minimum absolute atomic E-state index is 0.0839. The topological polar surface area (TPSA) is 96.7 Å². The van der Waals surface area contributed by atoms with E-state index in [1.54, 1.807) is 41.2 Å². The van der Waals surface area contributed by atoms with Gasteiger partial charge in [-0.15, -0.1) is 0 Å². The number of carbonyl (C=O) groups excluding carboxylic acids is 1. The van der Waals surface area contributed by atoms with Crippen molar-refractivity contribution >= 4 is 22.6 Å². The van der Waals surface area contributed by atoms with Gasteiger partial charge in [-0.2, -0.15) is 10.4 Å². The molecule has 7 heteroatoms. The molecule has 0 saturated carbocycles. The summed E-state index contributed by atoms with van der Waals surface area (Å²) in [7, 11) is 0. The predicted octanol–water partition coefficient (Wildman–Crippen LogP) is 5.01. The normalized spacial score (nSPS) is 11.1. The van der Waals surface area contributed by atoms with Crippen LogP contribution in [-0.2, 0) is 0 Å². The highest BCUT2D eigenvalue weighted by atomic mass is 16.3. The number of furan rings is 1. The molecule has 0 radical (unpaired) electrons. The van der Waals surface area contributed by atoms with Gasteiger partial charge in [0.05, 0.1) is 34.5 Å². The first-order valence-electron chi connectivity index (χ1n) is 9.64. The van der Waals surface area contributed by atoms with Crippen molar-refractivity contribution in [2.45, 2.75) is 33.7 Å². The van der Waals surface area contributed by atoms with Crippen LogP contribution < -0.4 is 5.32 Å². The van der Waals surface area contributed by atoms with Crippen molar-refractivity contribution in [2.75, 3.05) is 5.32 Å². The average Bonchev–Trinajstić information content (AvgIpc) is 3.29. The monoisotopic (exact) mass is 399 g/mol. The van der Waals surface area contributed by atoms with Gasteiger partial charge in [0.1, 0.15) is 11.5 Å². The number of amides is 1. The van der Waals surface area contributed by atoms with E-state index in [1.165, 1.54) is 0 Å². The molecule has 7 nitrogen and oxygen atoms in total. The van der Waals surface area contributed by atoms with Crippen LogP contribution in [0.3, 0.4) is 0 Å². The summed E-state index contributed by atoms with van der Waals surface area (Å²) < 4.78 is 7.47. The molecule has 0 aliphatic carbocycles. The molecular formula is C23H21N5O2. The fraction of sp³-hybridized carbons (Fsp3) is 0.217. The Morgan fingerprint density at radius 2 is 2.03 bits per heavy atom. The van der Waals surface area contributed by atoms with E-state index in [0.717, 1.165) is 17.1 Å². The lowest BCUT2D eigenvalue weighted by Gasteiger charge is -2.11. The Bertz CT molecular complexity index is 1310. The van der Waals surface area contributed by atoms with Crippen LogP contribution in [-0.4, -0.2) is 20.7 Å². The van der Waals surface area contributed by atoms with Crippen molar-refractivity contribution in [3.8, 4) is 17.3 Å². The summed E-state index contributed by atoms with van der Waals surface area (Å²) in [6.45, 7) is 7.78. The molecule has 0 aliphatic heterocycles. The number of aromatic nitrogens is 3. The van der Waals surface area contributed by atoms with E-state index in [0.29, 0.717) is 33.5 Å². The van der Waals surface area contributed by atoms with Crippen molar-refractivity contribution in [1.29, 1.82) is 5.26 Å². The van der Waals surface area contributed by atoms with E-state index >= 15 is 0 Å². The van der Waals surface area contributed by atoms with E-state index < -0.39 is 0 Å². The summed E-state index contributed by atoms with van der Waals surface area (Å²) in [6.07, 6.45) is 1.67. The molecule has 0 fully saturated rings. The van der Waals surface area contributed by atoms with Crippen LogP contribution in [0.1, 0.15) is 47.3 Å². The second-order valence-electron chi connectivity index (χ2n) is 7.45. The summed E-state index contributed by atoms with van der Waals surface area (Å²) in [6, 6.07) is 12.6. The van der Waals surface area contributed by atoms with Gasteiger partial charge in [-0.1, -0.05) is 6.07 Å². The number of anilines is 1. The largest absolute Gasteiger partial charge is 0.466 e. The maximum absolute atomic E-state index is 13.2. The van der Waals surface area contributed by atoms with E-state index in [1.807, 2.05) is 33.8 Å². The Balaban J connectivity index is 1.86. The molecule has 0 aliphatic rings. The quantitative estimate of drug-likeness (QED) is 0.520. The van der Waals surface area contributed by atoms with Gasteiger partial charge >= 0.3 is 0 Å². The standard InChI is InChI=1S/C23H21N5O2/c1-13(2)28-22-20(12-25-28)19(10-21(27-22)18-8-14(3)30-15(18)4)23(29)26-17-7-5-6-16(9-17)11-24/h5-10,12-13H,1-4H3,(H,26,29). The molecule has 0 bridgehead atoms. The Kier molecular flexibility index (Phi) is 4.84. The van der Waals surface area contributed by atoms with Crippen molar-refractivity contribution in [2.24, 2.45) is 0 Å². The van der Waals surface area contributed by atoms with Crippen LogP contribution in [0, 0.1) is 25.2 Å². The molecule has 0 saturated heterocycles. The highest BCUT2D eigenvalue weighted by molar-refractivity contribution is 6.12. The molecule has 3 aromatic heterocycles. The second-order valence-corrected chi connectivity index (χ2v) is 7.45. The van der Waals surface area contributed by atoms with Crippen LogP contribution in [0.15, 0.2) is 47.0 Å². The van der Waals surface area contributed by atoms with Crippen LogP contribution in [0.25, 0.3) is 22.3 Å². The maximum atomic E-state index is 13.2. The first-order valence-corrected chi connectivity index (χ1v) is 9.64. The molecule has 0 spiro atoms. The van der Waals surface area contributed by atoms with Gasteiger partial charge in [-0.05, 0) is 58.0 Å². The Hall–Kier alpha value is -3.92. The number of hydrogen-bond acceptors (Lipinski definition) is 5. The molecule has 1 amide bonds. The molecular weight excluding hydrogens is 378 g/mol. The number of benzene rings is 1. The van der Waals surface area contributed by atoms with Gasteiger partial charge < -0.3 is 9.73 Å². The molecule has 0 unspecified atom stereocenters. The van der Waals surface area contributed by atoms with E-state index in [4.69, 9.17) is 14.7 Å². The van der Waals surface area contributed by atoms with Gasteiger partial charge in [0.25, 0.3) is 5.91 Å². The van der Waals surface area contributed by atoms with Gasteiger partial charge in [0.15, 0.2) is 5.65 Å². The first kappa shape index (κ1) is 19.4. The zero-order valence-corrected chi connectivity index (χ0v) is 17.2. The van der Waals surface area contributed by atoms with Crippen LogP contribution in [0.5, 0.6) is 0 Å². The lowest BCUT2D eigenvalue weighted by Crippen LogP contribution is -2.13. The van der Waals surface area contributed by atoms with Crippen molar-refractivity contribution in [3.63, 3.8) is 0 Å². The zero-order chi connectivity index (χ0) is 21.4. The molecule has 30 heavy (non-hydrogen) atoms. The minimum atomic E-state index is -0.292. The third kappa shape index (κ3) is 3.44. The summed E-state index contributed by atoms with van der Waals surface area (Å²) in [4.78, 5) is 18.0. The van der Waals surface area contributed by atoms with Gasteiger partial charge in [-0.25, -0.2) is 9.67 Å². The zero-order valence-electron chi connectivity index (χ0n) is 17.2.